The van der Waals surface area contributed by atoms with Crippen molar-refractivity contribution in [3.63, 3.8) is 0 Å². The van der Waals surface area contributed by atoms with E-state index in [0.717, 1.165) is 0 Å². The molecule has 8 heteroatoms. The molecule has 1 aliphatic heterocycles. The molecule has 0 aromatic heterocycles. The van der Waals surface area contributed by atoms with Gasteiger partial charge in [0.2, 0.25) is 5.91 Å². The monoisotopic (exact) mass is 259 g/mol. The fourth-order valence-electron chi connectivity index (χ4n) is 1.64. The zero-order valence-electron chi connectivity index (χ0n) is 10.2. The van der Waals surface area contributed by atoms with Gasteiger partial charge < -0.3 is 15.2 Å². The molecule has 3 N–H and O–H groups in total. The molecule has 1 atom stereocenters. The summed E-state index contributed by atoms with van der Waals surface area (Å²) in [4.78, 5) is 34.8. The number of morpholine rings is 1. The third-order valence-corrected chi connectivity index (χ3v) is 2.53. The zero-order valence-corrected chi connectivity index (χ0v) is 10.2. The first-order valence-electron chi connectivity index (χ1n) is 5.54. The molecule has 1 rings (SSSR count). The zero-order chi connectivity index (χ0) is 13.5. The average Bonchev–Trinajstić information content (AvgIpc) is 2.35. The number of nitrogens with two attached hydrogens (primary N) is 1. The van der Waals surface area contributed by atoms with Gasteiger partial charge in [0.25, 0.3) is 0 Å². The Morgan fingerprint density at radius 3 is 2.83 bits per heavy atom. The number of carbonyl (C=O) groups is 3. The quantitative estimate of drug-likeness (QED) is 0.591. The molecule has 8 nitrogen and oxygen atoms in total. The highest BCUT2D eigenvalue weighted by Gasteiger charge is 2.27. The number of hydrogen-bond acceptors (Lipinski definition) is 6. The molecule has 1 saturated heterocycles. The van der Waals surface area contributed by atoms with Crippen LogP contribution in [-0.4, -0.2) is 62.3 Å². The second kappa shape index (κ2) is 6.92. The van der Waals surface area contributed by atoms with Crippen molar-refractivity contribution < 1.29 is 23.9 Å². The van der Waals surface area contributed by atoms with Crippen molar-refractivity contribution in [2.75, 3.05) is 33.4 Å². The number of carbonyl (C=O) groups excluding carboxylic acids is 3. The average molecular weight is 259 g/mol. The lowest BCUT2D eigenvalue weighted by Gasteiger charge is -2.31. The van der Waals surface area contributed by atoms with Crippen molar-refractivity contribution in [3.05, 3.63) is 0 Å². The summed E-state index contributed by atoms with van der Waals surface area (Å²) < 4.78 is 9.83. The molecule has 0 radical (unpaired) electrons. The Balaban J connectivity index is 2.32. The molecule has 0 bridgehead atoms. The number of rotatable bonds is 4. The summed E-state index contributed by atoms with van der Waals surface area (Å²) >= 11 is 0. The summed E-state index contributed by atoms with van der Waals surface area (Å²) in [5.74, 6) is -0.870. The van der Waals surface area contributed by atoms with E-state index in [1.807, 2.05) is 10.2 Å². The van der Waals surface area contributed by atoms with Crippen LogP contribution in [0.1, 0.15) is 6.42 Å². The molecule has 1 aliphatic rings. The second-order valence-electron chi connectivity index (χ2n) is 3.85. The minimum absolute atomic E-state index is 0.136. The van der Waals surface area contributed by atoms with Gasteiger partial charge in [-0.3, -0.25) is 15.0 Å². The van der Waals surface area contributed by atoms with E-state index in [1.165, 1.54) is 7.11 Å². The van der Waals surface area contributed by atoms with Crippen LogP contribution in [0.15, 0.2) is 0 Å². The normalized spacial score (nSPS) is 20.2. The lowest BCUT2D eigenvalue weighted by Crippen LogP contribution is -2.47. The van der Waals surface area contributed by atoms with Gasteiger partial charge in [-0.2, -0.15) is 0 Å². The van der Waals surface area contributed by atoms with E-state index >= 15 is 0 Å². The maximum atomic E-state index is 11.3. The Labute approximate surface area is 104 Å². The first kappa shape index (κ1) is 14.4. The standard InChI is InChI=1S/C10H17N3O5/c1-17-9(15)7-6-13(4-5-18-7)3-2-8(14)12-10(11)16/h7H,2-6H2,1H3,(H3,11,12,14,16). The summed E-state index contributed by atoms with van der Waals surface area (Å²) in [6.07, 6.45) is -0.487. The van der Waals surface area contributed by atoms with Gasteiger partial charge in [-0.05, 0) is 0 Å². The van der Waals surface area contributed by atoms with Crippen LogP contribution in [0.25, 0.3) is 0 Å². The molecule has 0 aromatic rings. The molecular weight excluding hydrogens is 242 g/mol. The molecule has 1 heterocycles. The number of nitrogens with zero attached hydrogens (tertiary/aromatic N) is 1. The number of ether oxygens (including phenoxy) is 2. The van der Waals surface area contributed by atoms with Crippen molar-refractivity contribution in [1.82, 2.24) is 10.2 Å². The van der Waals surface area contributed by atoms with Crippen LogP contribution < -0.4 is 11.1 Å². The molecule has 0 aliphatic carbocycles. The number of nitrogens with one attached hydrogen (secondary N) is 1. The number of imide groups is 1. The van der Waals surface area contributed by atoms with Crippen LogP contribution in [0.4, 0.5) is 4.79 Å². The van der Waals surface area contributed by atoms with Gasteiger partial charge in [-0.25, -0.2) is 9.59 Å². The van der Waals surface area contributed by atoms with Gasteiger partial charge in [-0.1, -0.05) is 0 Å². The number of esters is 1. The lowest BCUT2D eigenvalue weighted by atomic mass is 10.2. The Hall–Kier alpha value is -1.67. The van der Waals surface area contributed by atoms with Crippen molar-refractivity contribution in [1.29, 1.82) is 0 Å². The third-order valence-electron chi connectivity index (χ3n) is 2.53. The van der Waals surface area contributed by atoms with Crippen LogP contribution in [0, 0.1) is 0 Å². The highest BCUT2D eigenvalue weighted by molar-refractivity contribution is 5.93. The first-order chi connectivity index (χ1) is 8.52. The fourth-order valence-corrected chi connectivity index (χ4v) is 1.64. The summed E-state index contributed by atoms with van der Waals surface area (Å²) in [5, 5.41) is 1.98. The lowest BCUT2D eigenvalue weighted by molar-refractivity contribution is -0.159. The number of methoxy groups -OCH3 is 1. The van der Waals surface area contributed by atoms with Crippen molar-refractivity contribution in [2.24, 2.45) is 5.73 Å². The van der Waals surface area contributed by atoms with E-state index in [1.54, 1.807) is 0 Å². The number of primary amides is 1. The van der Waals surface area contributed by atoms with E-state index in [2.05, 4.69) is 4.74 Å². The highest BCUT2D eigenvalue weighted by atomic mass is 16.6. The minimum atomic E-state index is -0.866. The topological polar surface area (TPSA) is 111 Å². The summed E-state index contributed by atoms with van der Waals surface area (Å²) in [6, 6.07) is -0.866. The van der Waals surface area contributed by atoms with E-state index < -0.39 is 24.0 Å². The van der Waals surface area contributed by atoms with Crippen molar-refractivity contribution in [2.45, 2.75) is 12.5 Å². The van der Waals surface area contributed by atoms with E-state index in [9.17, 15) is 14.4 Å². The van der Waals surface area contributed by atoms with Gasteiger partial charge >= 0.3 is 12.0 Å². The molecule has 1 fully saturated rings. The van der Waals surface area contributed by atoms with Crippen LogP contribution in [-0.2, 0) is 19.1 Å². The van der Waals surface area contributed by atoms with E-state index in [4.69, 9.17) is 10.5 Å². The predicted molar refractivity (Wildman–Crippen MR) is 60.5 cm³/mol. The predicted octanol–water partition coefficient (Wildman–Crippen LogP) is -1.55. The summed E-state index contributed by atoms with van der Waals surface area (Å²) in [6.45, 7) is 1.82. The maximum absolute atomic E-state index is 11.3. The Morgan fingerprint density at radius 1 is 1.50 bits per heavy atom. The van der Waals surface area contributed by atoms with Crippen LogP contribution >= 0.6 is 0 Å². The summed E-state index contributed by atoms with van der Waals surface area (Å²) in [7, 11) is 1.30. The smallest absolute Gasteiger partial charge is 0.336 e. The Kier molecular flexibility index (Phi) is 5.53. The minimum Gasteiger partial charge on any atom is -0.467 e. The second-order valence-corrected chi connectivity index (χ2v) is 3.85. The van der Waals surface area contributed by atoms with Gasteiger partial charge in [0.05, 0.1) is 13.7 Å². The maximum Gasteiger partial charge on any atom is 0.336 e. The number of amides is 3. The molecule has 0 saturated carbocycles. The Bertz CT molecular complexity index is 333. The molecule has 102 valence electrons. The molecule has 3 amide bonds. The molecule has 0 spiro atoms. The molecule has 1 unspecified atom stereocenters. The fraction of sp³-hybridized carbons (Fsp3) is 0.700. The SMILES string of the molecule is COC(=O)C1CN(CCC(=O)NC(N)=O)CCO1. The van der Waals surface area contributed by atoms with Gasteiger partial charge in [0.15, 0.2) is 6.10 Å². The van der Waals surface area contributed by atoms with Gasteiger partial charge in [-0.15, -0.1) is 0 Å². The van der Waals surface area contributed by atoms with E-state index in [-0.39, 0.29) is 6.42 Å². The van der Waals surface area contributed by atoms with Crippen molar-refractivity contribution >= 4 is 17.9 Å². The van der Waals surface area contributed by atoms with Gasteiger partial charge in [0.1, 0.15) is 0 Å². The summed E-state index contributed by atoms with van der Waals surface area (Å²) in [5.41, 5.74) is 4.82. The largest absolute Gasteiger partial charge is 0.467 e. The molecule has 0 aromatic carbocycles. The van der Waals surface area contributed by atoms with Crippen molar-refractivity contribution in [3.8, 4) is 0 Å². The van der Waals surface area contributed by atoms with Gasteiger partial charge in [0, 0.05) is 26.1 Å². The third kappa shape index (κ3) is 4.68. The highest BCUT2D eigenvalue weighted by Crippen LogP contribution is 2.07. The number of urea groups is 1. The van der Waals surface area contributed by atoms with Crippen LogP contribution in [0.2, 0.25) is 0 Å². The van der Waals surface area contributed by atoms with Crippen LogP contribution in [0.5, 0.6) is 0 Å². The molecule has 18 heavy (non-hydrogen) atoms. The van der Waals surface area contributed by atoms with Crippen LogP contribution in [0.3, 0.4) is 0 Å². The van der Waals surface area contributed by atoms with E-state index in [0.29, 0.717) is 26.2 Å². The Morgan fingerprint density at radius 2 is 2.22 bits per heavy atom. The molecular formula is C10H17N3O5. The first-order valence-corrected chi connectivity index (χ1v) is 5.54. The number of hydrogen-bond donors (Lipinski definition) is 2.